The summed E-state index contributed by atoms with van der Waals surface area (Å²) in [7, 11) is 4.01. The van der Waals surface area contributed by atoms with Crippen LogP contribution < -0.4 is 10.6 Å². The van der Waals surface area contributed by atoms with E-state index in [1.807, 2.05) is 48.0 Å². The SMILES string of the molecule is Cn1nc(-c2cccnc2)c2c1CNCC2.Cn1nc2c(c1-c1cccnc1)CCNC2. The second-order valence-corrected chi connectivity index (χ2v) is 8.13. The van der Waals surface area contributed by atoms with E-state index in [9.17, 15) is 0 Å². The third kappa shape index (κ3) is 3.94. The van der Waals surface area contributed by atoms with Crippen molar-refractivity contribution in [3.05, 3.63) is 71.6 Å². The topological polar surface area (TPSA) is 85.5 Å². The molecule has 0 amide bonds. The fourth-order valence-electron chi connectivity index (χ4n) is 4.55. The molecule has 32 heavy (non-hydrogen) atoms. The Morgan fingerprint density at radius 1 is 0.781 bits per heavy atom. The summed E-state index contributed by atoms with van der Waals surface area (Å²) in [5, 5.41) is 15.9. The molecule has 0 aromatic carbocycles. The molecule has 0 saturated carbocycles. The zero-order valence-electron chi connectivity index (χ0n) is 18.5. The number of hydrogen-bond donors (Lipinski definition) is 2. The molecular weight excluding hydrogens is 400 g/mol. The first kappa shape index (κ1) is 20.5. The van der Waals surface area contributed by atoms with Crippen molar-refractivity contribution in [1.29, 1.82) is 0 Å². The smallest absolute Gasteiger partial charge is 0.0974 e. The Balaban J connectivity index is 0.000000135. The number of pyridine rings is 2. The molecular formula is C24H28N8. The van der Waals surface area contributed by atoms with E-state index in [4.69, 9.17) is 0 Å². The molecule has 164 valence electrons. The fraction of sp³-hybridized carbons (Fsp3) is 0.333. The van der Waals surface area contributed by atoms with Crippen molar-refractivity contribution < 1.29 is 0 Å². The van der Waals surface area contributed by atoms with E-state index >= 15 is 0 Å². The first-order chi connectivity index (χ1) is 15.7. The van der Waals surface area contributed by atoms with Gasteiger partial charge in [0, 0.05) is 74.2 Å². The van der Waals surface area contributed by atoms with Crippen LogP contribution in [0.2, 0.25) is 0 Å². The lowest BCUT2D eigenvalue weighted by Crippen LogP contribution is -2.24. The summed E-state index contributed by atoms with van der Waals surface area (Å²) >= 11 is 0. The zero-order chi connectivity index (χ0) is 21.9. The predicted octanol–water partition coefficient (Wildman–Crippen LogP) is 2.26. The number of fused-ring (bicyclic) bond motifs is 2. The molecule has 0 fully saturated rings. The van der Waals surface area contributed by atoms with Gasteiger partial charge in [-0.2, -0.15) is 10.2 Å². The van der Waals surface area contributed by atoms with E-state index in [1.165, 1.54) is 28.2 Å². The number of aryl methyl sites for hydroxylation is 2. The van der Waals surface area contributed by atoms with Gasteiger partial charge < -0.3 is 10.6 Å². The molecule has 0 atom stereocenters. The van der Waals surface area contributed by atoms with Crippen molar-refractivity contribution in [2.75, 3.05) is 13.1 Å². The van der Waals surface area contributed by atoms with Crippen molar-refractivity contribution >= 4 is 0 Å². The van der Waals surface area contributed by atoms with Crippen molar-refractivity contribution in [3.8, 4) is 22.5 Å². The van der Waals surface area contributed by atoms with Gasteiger partial charge in [-0.1, -0.05) is 0 Å². The molecule has 0 aliphatic carbocycles. The monoisotopic (exact) mass is 428 g/mol. The zero-order valence-corrected chi connectivity index (χ0v) is 18.5. The molecule has 6 heterocycles. The van der Waals surface area contributed by atoms with Crippen LogP contribution in [0.3, 0.4) is 0 Å². The number of rotatable bonds is 2. The van der Waals surface area contributed by atoms with Crippen molar-refractivity contribution in [1.82, 2.24) is 40.2 Å². The summed E-state index contributed by atoms with van der Waals surface area (Å²) in [5.74, 6) is 0. The summed E-state index contributed by atoms with van der Waals surface area (Å²) in [5.41, 5.74) is 9.78. The third-order valence-electron chi connectivity index (χ3n) is 6.06. The molecule has 0 unspecified atom stereocenters. The van der Waals surface area contributed by atoms with Crippen LogP contribution in [0.15, 0.2) is 49.1 Å². The van der Waals surface area contributed by atoms with Crippen LogP contribution in [0.1, 0.15) is 22.5 Å². The number of aromatic nitrogens is 6. The summed E-state index contributed by atoms with van der Waals surface area (Å²) in [6.07, 6.45) is 9.47. The average molecular weight is 429 g/mol. The van der Waals surface area contributed by atoms with Gasteiger partial charge >= 0.3 is 0 Å². The molecule has 0 radical (unpaired) electrons. The molecule has 8 heteroatoms. The van der Waals surface area contributed by atoms with Crippen molar-refractivity contribution in [2.45, 2.75) is 25.9 Å². The highest BCUT2D eigenvalue weighted by atomic mass is 15.3. The predicted molar refractivity (Wildman–Crippen MR) is 124 cm³/mol. The Morgan fingerprint density at radius 3 is 2.19 bits per heavy atom. The Hall–Kier alpha value is -3.36. The molecule has 2 aliphatic heterocycles. The molecule has 4 aromatic rings. The van der Waals surface area contributed by atoms with Gasteiger partial charge in [0.1, 0.15) is 0 Å². The van der Waals surface area contributed by atoms with Gasteiger partial charge in [0.2, 0.25) is 0 Å². The minimum Gasteiger partial charge on any atom is -0.311 e. The Kier molecular flexibility index (Phi) is 5.79. The van der Waals surface area contributed by atoms with Crippen molar-refractivity contribution in [2.24, 2.45) is 14.1 Å². The van der Waals surface area contributed by atoms with Gasteiger partial charge in [0.05, 0.1) is 22.8 Å². The maximum Gasteiger partial charge on any atom is 0.0974 e. The summed E-state index contributed by atoms with van der Waals surface area (Å²) in [6, 6.07) is 8.08. The first-order valence-electron chi connectivity index (χ1n) is 11.0. The van der Waals surface area contributed by atoms with Crippen LogP contribution >= 0.6 is 0 Å². The van der Waals surface area contributed by atoms with Gasteiger partial charge in [0.15, 0.2) is 0 Å². The highest BCUT2D eigenvalue weighted by Gasteiger charge is 2.20. The van der Waals surface area contributed by atoms with E-state index in [2.05, 4.69) is 42.9 Å². The molecule has 4 aromatic heterocycles. The van der Waals surface area contributed by atoms with Gasteiger partial charge in [-0.05, 0) is 50.2 Å². The van der Waals surface area contributed by atoms with Gasteiger partial charge in [-0.15, -0.1) is 0 Å². The lowest BCUT2D eigenvalue weighted by atomic mass is 10.0. The largest absolute Gasteiger partial charge is 0.311 e. The van der Waals surface area contributed by atoms with Crippen molar-refractivity contribution in [3.63, 3.8) is 0 Å². The Bertz CT molecular complexity index is 1190. The van der Waals surface area contributed by atoms with Crippen LogP contribution in [0.4, 0.5) is 0 Å². The Morgan fingerprint density at radius 2 is 1.47 bits per heavy atom. The van der Waals surface area contributed by atoms with E-state index in [1.54, 1.807) is 12.4 Å². The van der Waals surface area contributed by atoms with Crippen LogP contribution in [-0.4, -0.2) is 42.6 Å². The van der Waals surface area contributed by atoms with Crippen LogP contribution in [0.5, 0.6) is 0 Å². The quantitative estimate of drug-likeness (QED) is 0.509. The van der Waals surface area contributed by atoms with E-state index in [0.29, 0.717) is 0 Å². The average Bonchev–Trinajstić information content (AvgIpc) is 3.37. The van der Waals surface area contributed by atoms with Gasteiger partial charge in [0.25, 0.3) is 0 Å². The lowest BCUT2D eigenvalue weighted by Gasteiger charge is -2.14. The van der Waals surface area contributed by atoms with E-state index < -0.39 is 0 Å². The molecule has 0 spiro atoms. The fourth-order valence-corrected chi connectivity index (χ4v) is 4.55. The van der Waals surface area contributed by atoms with Crippen LogP contribution in [-0.2, 0) is 40.0 Å². The minimum absolute atomic E-state index is 0.878. The van der Waals surface area contributed by atoms with Crippen LogP contribution in [0.25, 0.3) is 22.5 Å². The molecule has 2 N–H and O–H groups in total. The summed E-state index contributed by atoms with van der Waals surface area (Å²) in [4.78, 5) is 8.33. The number of nitrogens with zero attached hydrogens (tertiary/aromatic N) is 6. The Labute approximate surface area is 187 Å². The molecule has 0 saturated heterocycles. The normalized spacial score (nSPS) is 14.8. The maximum atomic E-state index is 4.60. The third-order valence-corrected chi connectivity index (χ3v) is 6.06. The number of nitrogens with one attached hydrogen (secondary N) is 2. The standard InChI is InChI=1S/2C12H14N4/c1-16-11-8-14-6-4-10(11)12(15-16)9-3-2-5-13-7-9;1-16-12(9-3-2-5-13-7-9)10-4-6-14-8-11(10)15-16/h2*2-3,5,7,14H,4,6,8H2,1H3. The highest BCUT2D eigenvalue weighted by molar-refractivity contribution is 5.64. The van der Waals surface area contributed by atoms with Gasteiger partial charge in [-0.25, -0.2) is 0 Å². The molecule has 0 bridgehead atoms. The molecule has 6 rings (SSSR count). The molecule has 2 aliphatic rings. The second-order valence-electron chi connectivity index (χ2n) is 8.13. The number of hydrogen-bond acceptors (Lipinski definition) is 6. The van der Waals surface area contributed by atoms with E-state index in [0.717, 1.165) is 55.8 Å². The van der Waals surface area contributed by atoms with Gasteiger partial charge in [-0.3, -0.25) is 19.3 Å². The highest BCUT2D eigenvalue weighted by Crippen LogP contribution is 2.27. The summed E-state index contributed by atoms with van der Waals surface area (Å²) in [6.45, 7) is 3.86. The second kappa shape index (κ2) is 9.02. The summed E-state index contributed by atoms with van der Waals surface area (Å²) < 4.78 is 3.94. The van der Waals surface area contributed by atoms with Crippen LogP contribution in [0, 0.1) is 0 Å². The maximum absolute atomic E-state index is 4.60. The first-order valence-corrected chi connectivity index (χ1v) is 11.0. The van der Waals surface area contributed by atoms with E-state index in [-0.39, 0.29) is 0 Å². The molecule has 8 nitrogen and oxygen atoms in total. The lowest BCUT2D eigenvalue weighted by molar-refractivity contribution is 0.593. The minimum atomic E-state index is 0.878.